The van der Waals surface area contributed by atoms with Gasteiger partial charge in [-0.3, -0.25) is 4.79 Å². The van der Waals surface area contributed by atoms with E-state index in [1.807, 2.05) is 30.3 Å². The number of aromatic nitrogens is 3. The summed E-state index contributed by atoms with van der Waals surface area (Å²) in [6, 6.07) is 17.9. The number of carboxylic acids is 1. The molecule has 0 aliphatic rings. The third-order valence-corrected chi connectivity index (χ3v) is 4.15. The van der Waals surface area contributed by atoms with Gasteiger partial charge in [0.05, 0.1) is 11.4 Å². The first-order valence-electron chi connectivity index (χ1n) is 8.22. The van der Waals surface area contributed by atoms with Crippen LogP contribution in [0.15, 0.2) is 65.5 Å². The van der Waals surface area contributed by atoms with Gasteiger partial charge in [0.1, 0.15) is 17.1 Å². The Morgan fingerprint density at radius 1 is 1.07 bits per heavy atom. The van der Waals surface area contributed by atoms with Crippen molar-refractivity contribution in [1.29, 1.82) is 0 Å². The average Bonchev–Trinajstić information content (AvgIpc) is 3.00. The van der Waals surface area contributed by atoms with Gasteiger partial charge in [0.25, 0.3) is 5.56 Å². The predicted octanol–water partition coefficient (Wildman–Crippen LogP) is 3.49. The summed E-state index contributed by atoms with van der Waals surface area (Å²) < 4.78 is 6.82. The second kappa shape index (κ2) is 6.45. The first-order chi connectivity index (χ1) is 13.0. The zero-order valence-electron chi connectivity index (χ0n) is 14.3. The molecule has 0 amide bonds. The van der Waals surface area contributed by atoms with E-state index in [9.17, 15) is 14.7 Å². The van der Waals surface area contributed by atoms with Gasteiger partial charge in [-0.1, -0.05) is 18.2 Å². The number of benzene rings is 2. The van der Waals surface area contributed by atoms with Crippen molar-refractivity contribution in [3.63, 3.8) is 0 Å². The van der Waals surface area contributed by atoms with E-state index in [2.05, 4.69) is 10.1 Å². The van der Waals surface area contributed by atoms with Crippen molar-refractivity contribution in [3.05, 3.63) is 82.3 Å². The minimum atomic E-state index is -1.14. The topological polar surface area (TPSA) is 96.7 Å². The molecular weight excluding hydrogens is 346 g/mol. The summed E-state index contributed by atoms with van der Waals surface area (Å²) in [6.45, 7) is 1.55. The predicted molar refractivity (Wildman–Crippen MR) is 99.5 cm³/mol. The van der Waals surface area contributed by atoms with Crippen molar-refractivity contribution in [3.8, 4) is 22.8 Å². The molecule has 2 heterocycles. The molecule has 134 valence electrons. The van der Waals surface area contributed by atoms with Crippen LogP contribution in [0.25, 0.3) is 16.9 Å². The molecule has 0 fully saturated rings. The molecule has 0 radical (unpaired) electrons. The number of fused-ring (bicyclic) bond motifs is 1. The standard InChI is InChI=1S/C20H15N3O4/c1-12-18(20(25)26)19-21-16(11-17(24)23(19)22-12)13-7-9-15(10-8-13)27-14-5-3-2-4-6-14/h2-11,21H,1H3,(H,25,26). The minimum absolute atomic E-state index is 0.0158. The van der Waals surface area contributed by atoms with E-state index in [0.717, 1.165) is 15.8 Å². The van der Waals surface area contributed by atoms with E-state index in [4.69, 9.17) is 4.74 Å². The summed E-state index contributed by atoms with van der Waals surface area (Å²) in [5, 5.41) is 13.4. The third kappa shape index (κ3) is 3.06. The highest BCUT2D eigenvalue weighted by molar-refractivity contribution is 5.96. The number of hydrogen-bond donors (Lipinski definition) is 2. The highest BCUT2D eigenvalue weighted by Gasteiger charge is 2.19. The molecule has 0 spiro atoms. The van der Waals surface area contributed by atoms with E-state index >= 15 is 0 Å². The van der Waals surface area contributed by atoms with Crippen molar-refractivity contribution >= 4 is 11.6 Å². The van der Waals surface area contributed by atoms with Crippen LogP contribution >= 0.6 is 0 Å². The van der Waals surface area contributed by atoms with Gasteiger partial charge < -0.3 is 14.8 Å². The Bertz CT molecular complexity index is 1190. The van der Waals surface area contributed by atoms with Crippen molar-refractivity contribution in [2.45, 2.75) is 6.92 Å². The summed E-state index contributed by atoms with van der Waals surface area (Å²) in [6.07, 6.45) is 0. The maximum atomic E-state index is 12.3. The first kappa shape index (κ1) is 16.6. The number of aromatic amines is 1. The zero-order valence-corrected chi connectivity index (χ0v) is 14.3. The number of carbonyl (C=O) groups is 1. The number of H-pyrrole nitrogens is 1. The molecule has 0 saturated carbocycles. The molecule has 4 rings (SSSR count). The summed E-state index contributed by atoms with van der Waals surface area (Å²) in [5.74, 6) is 0.239. The van der Waals surface area contributed by atoms with Crippen molar-refractivity contribution in [1.82, 2.24) is 14.6 Å². The number of rotatable bonds is 4. The second-order valence-corrected chi connectivity index (χ2v) is 5.99. The number of nitrogens with one attached hydrogen (secondary N) is 1. The molecule has 0 bridgehead atoms. The van der Waals surface area contributed by atoms with E-state index in [-0.39, 0.29) is 16.9 Å². The lowest BCUT2D eigenvalue weighted by Crippen LogP contribution is -2.15. The lowest BCUT2D eigenvalue weighted by atomic mass is 10.1. The van der Waals surface area contributed by atoms with Crippen LogP contribution in [0.2, 0.25) is 0 Å². The van der Waals surface area contributed by atoms with Crippen LogP contribution in [0, 0.1) is 6.92 Å². The minimum Gasteiger partial charge on any atom is -0.477 e. The highest BCUT2D eigenvalue weighted by Crippen LogP contribution is 2.25. The van der Waals surface area contributed by atoms with Crippen LogP contribution in [0.5, 0.6) is 11.5 Å². The van der Waals surface area contributed by atoms with E-state index in [1.165, 1.54) is 6.07 Å². The smallest absolute Gasteiger partial charge is 0.341 e. The Morgan fingerprint density at radius 2 is 1.74 bits per heavy atom. The molecule has 0 aliphatic carbocycles. The molecule has 7 nitrogen and oxygen atoms in total. The molecule has 27 heavy (non-hydrogen) atoms. The molecule has 0 saturated heterocycles. The van der Waals surface area contributed by atoms with Gasteiger partial charge >= 0.3 is 5.97 Å². The van der Waals surface area contributed by atoms with Gasteiger partial charge in [0, 0.05) is 6.07 Å². The van der Waals surface area contributed by atoms with Gasteiger partial charge in [0.15, 0.2) is 5.65 Å². The first-order valence-corrected chi connectivity index (χ1v) is 8.22. The Kier molecular flexibility index (Phi) is 3.97. The average molecular weight is 361 g/mol. The van der Waals surface area contributed by atoms with Gasteiger partial charge in [-0.25, -0.2) is 4.79 Å². The fourth-order valence-corrected chi connectivity index (χ4v) is 2.89. The van der Waals surface area contributed by atoms with Crippen LogP contribution < -0.4 is 10.3 Å². The lowest BCUT2D eigenvalue weighted by molar-refractivity contribution is 0.0698. The summed E-state index contributed by atoms with van der Waals surface area (Å²) in [4.78, 5) is 26.8. The maximum absolute atomic E-state index is 12.3. The molecule has 0 unspecified atom stereocenters. The Balaban J connectivity index is 1.73. The molecule has 4 aromatic rings. The van der Waals surface area contributed by atoms with E-state index < -0.39 is 11.5 Å². The Labute approximate surface area is 153 Å². The summed E-state index contributed by atoms with van der Waals surface area (Å²) in [7, 11) is 0. The molecule has 0 aliphatic heterocycles. The van der Waals surface area contributed by atoms with Crippen LogP contribution in [0.3, 0.4) is 0 Å². The van der Waals surface area contributed by atoms with Crippen LogP contribution in [0.1, 0.15) is 16.1 Å². The normalized spacial score (nSPS) is 10.9. The number of aryl methyl sites for hydroxylation is 1. The highest BCUT2D eigenvalue weighted by atomic mass is 16.5. The summed E-state index contributed by atoms with van der Waals surface area (Å²) in [5.41, 5.74) is 1.25. The number of ether oxygens (including phenoxy) is 1. The fourth-order valence-electron chi connectivity index (χ4n) is 2.89. The quantitative estimate of drug-likeness (QED) is 0.580. The maximum Gasteiger partial charge on any atom is 0.341 e. The number of hydrogen-bond acceptors (Lipinski definition) is 4. The Hall–Kier alpha value is -3.87. The molecule has 2 N–H and O–H groups in total. The van der Waals surface area contributed by atoms with Gasteiger partial charge in [0.2, 0.25) is 0 Å². The Morgan fingerprint density at radius 3 is 2.41 bits per heavy atom. The van der Waals surface area contributed by atoms with Crippen molar-refractivity contribution < 1.29 is 14.6 Å². The van der Waals surface area contributed by atoms with Gasteiger partial charge in [-0.15, -0.1) is 0 Å². The fraction of sp³-hybridized carbons (Fsp3) is 0.0500. The monoisotopic (exact) mass is 361 g/mol. The van der Waals surface area contributed by atoms with E-state index in [1.54, 1.807) is 31.2 Å². The SMILES string of the molecule is Cc1nn2c(=O)cc(-c3ccc(Oc4ccccc4)cc3)[nH]c2c1C(=O)O. The van der Waals surface area contributed by atoms with Gasteiger partial charge in [-0.2, -0.15) is 9.61 Å². The number of carboxylic acid groups (broad SMARTS) is 1. The molecule has 0 atom stereocenters. The zero-order chi connectivity index (χ0) is 19.0. The van der Waals surface area contributed by atoms with Crippen LogP contribution in [0.4, 0.5) is 0 Å². The largest absolute Gasteiger partial charge is 0.477 e. The van der Waals surface area contributed by atoms with Crippen molar-refractivity contribution in [2.75, 3.05) is 0 Å². The number of para-hydroxylation sites is 1. The summed E-state index contributed by atoms with van der Waals surface area (Å²) >= 11 is 0. The van der Waals surface area contributed by atoms with Gasteiger partial charge in [-0.05, 0) is 48.9 Å². The molecule has 2 aromatic carbocycles. The second-order valence-electron chi connectivity index (χ2n) is 5.99. The number of nitrogens with zero attached hydrogens (tertiary/aromatic N) is 2. The molecule has 7 heteroatoms. The molecule has 2 aromatic heterocycles. The molecular formula is C20H15N3O4. The van der Waals surface area contributed by atoms with Crippen LogP contribution in [-0.2, 0) is 0 Å². The van der Waals surface area contributed by atoms with Crippen molar-refractivity contribution in [2.24, 2.45) is 0 Å². The lowest BCUT2D eigenvalue weighted by Gasteiger charge is -2.07. The van der Waals surface area contributed by atoms with Crippen LogP contribution in [-0.4, -0.2) is 25.7 Å². The number of aromatic carboxylic acids is 1. The third-order valence-electron chi connectivity index (χ3n) is 4.15. The van der Waals surface area contributed by atoms with E-state index in [0.29, 0.717) is 11.4 Å².